The van der Waals surface area contributed by atoms with Crippen LogP contribution >= 0.6 is 15.6 Å². The second-order valence-corrected chi connectivity index (χ2v) is 26.8. The minimum Gasteiger partial charge on any atom is -0.462 e. The van der Waals surface area contributed by atoms with Crippen molar-refractivity contribution in [1.82, 2.24) is 0 Å². The largest absolute Gasteiger partial charge is 0.472 e. The van der Waals surface area contributed by atoms with Crippen molar-refractivity contribution in [3.05, 3.63) is 0 Å². The van der Waals surface area contributed by atoms with E-state index in [2.05, 4.69) is 41.5 Å². The lowest BCUT2D eigenvalue weighted by molar-refractivity contribution is -0.161. The highest BCUT2D eigenvalue weighted by Gasteiger charge is 2.30. The molecular weight excluding hydrogens is 1100 g/mol. The van der Waals surface area contributed by atoms with Gasteiger partial charge in [0.15, 0.2) is 12.2 Å². The molecule has 0 bridgehead atoms. The lowest BCUT2D eigenvalue weighted by Crippen LogP contribution is -2.30. The number of aliphatic hydroxyl groups is 1. The van der Waals surface area contributed by atoms with Crippen molar-refractivity contribution >= 4 is 39.5 Å². The molecule has 0 saturated heterocycles. The summed E-state index contributed by atoms with van der Waals surface area (Å²) < 4.78 is 67.9. The minimum atomic E-state index is -4.94. The van der Waals surface area contributed by atoms with Crippen molar-refractivity contribution in [2.75, 3.05) is 39.6 Å². The SMILES string of the molecule is CCCCCCCCCCCCCCCC(=O)O[C@H](COC(=O)CCCCCCCCCCCC(C)C)COP(=O)(O)OC[C@@H](O)COP(=O)(O)OC[C@@H](COC(=O)CCCCCCCCCC)OC(=O)CCCCCCCCC(C)CC. The van der Waals surface area contributed by atoms with Crippen LogP contribution in [0.1, 0.15) is 318 Å². The summed E-state index contributed by atoms with van der Waals surface area (Å²) in [6.45, 7) is 9.41. The standard InChI is InChI=1S/C64H124O17P2/c1-7-10-12-14-16-18-19-20-21-24-29-36-42-48-63(68)80-59(52-75-62(67)47-41-35-28-25-22-23-26-32-38-44-56(4)5)54-78-82(70,71)76-50-58(65)51-77-83(72,73)79-55-60(53-74-61(66)46-40-34-27-17-15-13-11-8-2)81-64(69)49-43-37-31-30-33-39-45-57(6)9-3/h56-60,65H,7-55H2,1-6H3,(H,70,71)(H,72,73)/t57?,58-,59-,60-/m1/s1. The highest BCUT2D eigenvalue weighted by Crippen LogP contribution is 2.45. The Morgan fingerprint density at radius 3 is 0.916 bits per heavy atom. The molecule has 0 aliphatic carbocycles. The van der Waals surface area contributed by atoms with Crippen LogP contribution in [-0.4, -0.2) is 96.7 Å². The lowest BCUT2D eigenvalue weighted by Gasteiger charge is -2.21. The zero-order valence-electron chi connectivity index (χ0n) is 53.5. The van der Waals surface area contributed by atoms with Crippen LogP contribution in [0.15, 0.2) is 0 Å². The summed E-state index contributed by atoms with van der Waals surface area (Å²) in [6, 6.07) is 0. The van der Waals surface area contributed by atoms with E-state index in [9.17, 15) is 43.2 Å². The van der Waals surface area contributed by atoms with E-state index in [1.54, 1.807) is 0 Å². The zero-order chi connectivity index (χ0) is 61.5. The summed E-state index contributed by atoms with van der Waals surface area (Å²) >= 11 is 0. The monoisotopic (exact) mass is 1230 g/mol. The van der Waals surface area contributed by atoms with E-state index in [1.165, 1.54) is 128 Å². The van der Waals surface area contributed by atoms with Gasteiger partial charge in [0.1, 0.15) is 19.3 Å². The third-order valence-corrected chi connectivity index (χ3v) is 17.0. The Morgan fingerprint density at radius 1 is 0.349 bits per heavy atom. The Bertz CT molecular complexity index is 1630. The number of esters is 4. The number of hydrogen-bond donors (Lipinski definition) is 3. The molecule has 19 heteroatoms. The number of ether oxygens (including phenoxy) is 4. The predicted octanol–water partition coefficient (Wildman–Crippen LogP) is 17.7. The van der Waals surface area contributed by atoms with Gasteiger partial charge < -0.3 is 33.8 Å². The third kappa shape index (κ3) is 57.6. The number of rotatable bonds is 63. The number of phosphoric ester groups is 2. The third-order valence-electron chi connectivity index (χ3n) is 15.1. The molecule has 0 spiro atoms. The first kappa shape index (κ1) is 81.1. The highest BCUT2D eigenvalue weighted by atomic mass is 31.2. The van der Waals surface area contributed by atoms with Crippen molar-refractivity contribution < 1.29 is 80.2 Å². The fourth-order valence-electron chi connectivity index (χ4n) is 9.50. The van der Waals surface area contributed by atoms with Crippen molar-refractivity contribution in [2.24, 2.45) is 11.8 Å². The quantitative estimate of drug-likeness (QED) is 0.0222. The Balaban J connectivity index is 5.24. The van der Waals surface area contributed by atoms with Gasteiger partial charge in [-0.3, -0.25) is 37.3 Å². The van der Waals surface area contributed by atoms with Gasteiger partial charge in [-0.15, -0.1) is 0 Å². The second-order valence-electron chi connectivity index (χ2n) is 23.9. The van der Waals surface area contributed by atoms with E-state index in [1.807, 2.05) is 0 Å². The van der Waals surface area contributed by atoms with Crippen LogP contribution in [0.25, 0.3) is 0 Å². The van der Waals surface area contributed by atoms with Crippen LogP contribution in [0.3, 0.4) is 0 Å². The van der Waals surface area contributed by atoms with Crippen LogP contribution in [0.5, 0.6) is 0 Å². The van der Waals surface area contributed by atoms with Gasteiger partial charge in [-0.1, -0.05) is 266 Å². The molecule has 0 saturated carbocycles. The van der Waals surface area contributed by atoms with E-state index in [-0.39, 0.29) is 25.7 Å². The molecule has 0 aromatic rings. The molecular formula is C64H124O17P2. The Hall–Kier alpha value is -1.94. The fraction of sp³-hybridized carbons (Fsp3) is 0.938. The fourth-order valence-corrected chi connectivity index (χ4v) is 11.1. The Labute approximate surface area is 505 Å². The molecule has 492 valence electrons. The van der Waals surface area contributed by atoms with E-state index in [4.69, 9.17) is 37.0 Å². The first-order chi connectivity index (χ1) is 39.9. The van der Waals surface area contributed by atoms with Crippen molar-refractivity contribution in [1.29, 1.82) is 0 Å². The maximum Gasteiger partial charge on any atom is 0.472 e. The summed E-state index contributed by atoms with van der Waals surface area (Å²) in [7, 11) is -9.88. The van der Waals surface area contributed by atoms with Crippen LogP contribution in [-0.2, 0) is 65.4 Å². The molecule has 83 heavy (non-hydrogen) atoms. The van der Waals surface area contributed by atoms with Gasteiger partial charge in [0.25, 0.3) is 0 Å². The highest BCUT2D eigenvalue weighted by molar-refractivity contribution is 7.47. The molecule has 0 radical (unpaired) electrons. The number of unbranched alkanes of at least 4 members (excludes halogenated alkanes) is 32. The number of hydrogen-bond acceptors (Lipinski definition) is 15. The smallest absolute Gasteiger partial charge is 0.462 e. The van der Waals surface area contributed by atoms with Gasteiger partial charge in [-0.2, -0.15) is 0 Å². The van der Waals surface area contributed by atoms with Gasteiger partial charge in [-0.05, 0) is 37.5 Å². The molecule has 17 nitrogen and oxygen atoms in total. The zero-order valence-corrected chi connectivity index (χ0v) is 55.3. The van der Waals surface area contributed by atoms with Crippen molar-refractivity contribution in [2.45, 2.75) is 336 Å². The maximum absolute atomic E-state index is 13.0. The van der Waals surface area contributed by atoms with E-state index < -0.39 is 97.5 Å². The van der Waals surface area contributed by atoms with Gasteiger partial charge >= 0.3 is 39.5 Å². The molecule has 0 amide bonds. The topological polar surface area (TPSA) is 237 Å². The minimum absolute atomic E-state index is 0.103. The summed E-state index contributed by atoms with van der Waals surface area (Å²) in [6.07, 6.45) is 39.0. The van der Waals surface area contributed by atoms with Gasteiger partial charge in [0, 0.05) is 25.7 Å². The Morgan fingerprint density at radius 2 is 0.614 bits per heavy atom. The predicted molar refractivity (Wildman–Crippen MR) is 331 cm³/mol. The molecule has 3 N–H and O–H groups in total. The van der Waals surface area contributed by atoms with Gasteiger partial charge in [-0.25, -0.2) is 9.13 Å². The molecule has 0 aliphatic rings. The molecule has 0 heterocycles. The van der Waals surface area contributed by atoms with Crippen molar-refractivity contribution in [3.63, 3.8) is 0 Å². The Kier molecular flexibility index (Phi) is 55.2. The number of phosphoric acid groups is 2. The number of aliphatic hydroxyl groups excluding tert-OH is 1. The average molecular weight is 1230 g/mol. The van der Waals surface area contributed by atoms with Crippen LogP contribution in [0.2, 0.25) is 0 Å². The first-order valence-electron chi connectivity index (χ1n) is 33.5. The number of carbonyl (C=O) groups is 4. The van der Waals surface area contributed by atoms with E-state index >= 15 is 0 Å². The van der Waals surface area contributed by atoms with E-state index in [0.717, 1.165) is 108 Å². The van der Waals surface area contributed by atoms with Crippen molar-refractivity contribution in [3.8, 4) is 0 Å². The summed E-state index contributed by atoms with van der Waals surface area (Å²) in [5, 5.41) is 10.5. The summed E-state index contributed by atoms with van der Waals surface area (Å²) in [5.41, 5.74) is 0. The summed E-state index contributed by atoms with van der Waals surface area (Å²) in [5.74, 6) is -0.673. The van der Waals surface area contributed by atoms with Crippen LogP contribution in [0, 0.1) is 11.8 Å². The normalized spacial score (nSPS) is 14.6. The first-order valence-corrected chi connectivity index (χ1v) is 36.5. The molecule has 0 aromatic heterocycles. The average Bonchev–Trinajstić information content (AvgIpc) is 3.46. The number of carbonyl (C=O) groups excluding carboxylic acids is 4. The molecule has 0 fully saturated rings. The molecule has 0 aromatic carbocycles. The van der Waals surface area contributed by atoms with Gasteiger partial charge in [0.2, 0.25) is 0 Å². The van der Waals surface area contributed by atoms with E-state index in [0.29, 0.717) is 25.7 Å². The molecule has 6 atom stereocenters. The van der Waals surface area contributed by atoms with Crippen LogP contribution < -0.4 is 0 Å². The second kappa shape index (κ2) is 56.6. The summed E-state index contributed by atoms with van der Waals surface area (Å²) in [4.78, 5) is 72.2. The molecule has 0 aliphatic heterocycles. The van der Waals surface area contributed by atoms with Crippen LogP contribution in [0.4, 0.5) is 0 Å². The molecule has 3 unspecified atom stereocenters. The lowest BCUT2D eigenvalue weighted by atomic mass is 10.00. The van der Waals surface area contributed by atoms with Gasteiger partial charge in [0.05, 0.1) is 26.4 Å². The maximum atomic E-state index is 13.0. The molecule has 0 rings (SSSR count).